The van der Waals surface area contributed by atoms with Crippen LogP contribution in [0.5, 0.6) is 11.5 Å². The van der Waals surface area contributed by atoms with Crippen LogP contribution in [-0.2, 0) is 0 Å². The Labute approximate surface area is 155 Å². The average Bonchev–Trinajstić information content (AvgIpc) is 2.58. The van der Waals surface area contributed by atoms with Crippen LogP contribution in [0.25, 0.3) is 0 Å². The molecule has 7 heteroatoms. The number of hydrogen-bond donors (Lipinski definition) is 4. The second kappa shape index (κ2) is 8.38. The molecule has 1 aliphatic carbocycles. The monoisotopic (exact) mass is 410 g/mol. The molecule has 0 amide bonds. The first-order valence-electron chi connectivity index (χ1n) is 8.49. The third-order valence-corrected chi connectivity index (χ3v) is 4.83. The zero-order chi connectivity index (χ0) is 18.6. The van der Waals surface area contributed by atoms with Crippen molar-refractivity contribution in [3.05, 3.63) is 27.4 Å². The van der Waals surface area contributed by atoms with Gasteiger partial charge in [0.1, 0.15) is 5.75 Å². The van der Waals surface area contributed by atoms with Crippen molar-refractivity contribution in [3.8, 4) is 11.5 Å². The van der Waals surface area contributed by atoms with Crippen molar-refractivity contribution in [3.63, 3.8) is 0 Å². The number of Topliss-reactive ketones (excluding diaryl/α,β-unsaturated/α-hetero) is 1. The van der Waals surface area contributed by atoms with Crippen molar-refractivity contribution in [1.29, 1.82) is 0 Å². The van der Waals surface area contributed by atoms with Crippen LogP contribution < -0.4 is 10.6 Å². The molecular weight excluding hydrogens is 388 g/mol. The van der Waals surface area contributed by atoms with E-state index in [1.807, 2.05) is 13.8 Å². The molecule has 0 aliphatic heterocycles. The number of carbonyl (C=O) groups is 2. The molecule has 136 valence electrons. The minimum Gasteiger partial charge on any atom is -0.506 e. The Morgan fingerprint density at radius 1 is 0.960 bits per heavy atom. The van der Waals surface area contributed by atoms with Crippen LogP contribution in [0.2, 0.25) is 0 Å². The fourth-order valence-corrected chi connectivity index (χ4v) is 3.17. The van der Waals surface area contributed by atoms with E-state index in [1.165, 1.54) is 6.08 Å². The van der Waals surface area contributed by atoms with E-state index in [9.17, 15) is 19.8 Å². The molecule has 0 saturated heterocycles. The minimum absolute atomic E-state index is 0.141. The zero-order valence-corrected chi connectivity index (χ0v) is 16.0. The Bertz CT molecular complexity index is 729. The van der Waals surface area contributed by atoms with Gasteiger partial charge in [-0.15, -0.1) is 0 Å². The lowest BCUT2D eigenvalue weighted by atomic mass is 9.90. The number of nitrogens with one attached hydrogen (secondary N) is 2. The maximum absolute atomic E-state index is 12.7. The Balaban J connectivity index is 2.45. The third-order valence-electron chi connectivity index (χ3n) is 4.06. The van der Waals surface area contributed by atoms with E-state index in [4.69, 9.17) is 0 Å². The predicted octanol–water partition coefficient (Wildman–Crippen LogP) is 3.72. The van der Waals surface area contributed by atoms with Crippen LogP contribution in [0.3, 0.4) is 0 Å². The topological polar surface area (TPSA) is 98.7 Å². The molecule has 6 nitrogen and oxygen atoms in total. The molecule has 1 aliphatic rings. The Morgan fingerprint density at radius 3 is 2.16 bits per heavy atom. The fourth-order valence-electron chi connectivity index (χ4n) is 2.64. The molecule has 0 unspecified atom stereocenters. The highest BCUT2D eigenvalue weighted by Gasteiger charge is 2.34. The zero-order valence-electron chi connectivity index (χ0n) is 14.4. The van der Waals surface area contributed by atoms with Gasteiger partial charge in [0, 0.05) is 19.2 Å². The number of aromatic hydroxyl groups is 2. The first kappa shape index (κ1) is 19.3. The largest absolute Gasteiger partial charge is 0.506 e. The van der Waals surface area contributed by atoms with Gasteiger partial charge in [-0.2, -0.15) is 0 Å². The smallest absolute Gasteiger partial charge is 0.213 e. The van der Waals surface area contributed by atoms with Crippen LogP contribution in [0.4, 0.5) is 5.69 Å². The van der Waals surface area contributed by atoms with E-state index in [-0.39, 0.29) is 38.5 Å². The Hall–Kier alpha value is -2.02. The van der Waals surface area contributed by atoms with Crippen molar-refractivity contribution < 1.29 is 19.8 Å². The number of fused-ring (bicyclic) bond motifs is 1. The van der Waals surface area contributed by atoms with Gasteiger partial charge in [0.05, 0.1) is 27.0 Å². The molecule has 0 spiro atoms. The van der Waals surface area contributed by atoms with E-state index in [2.05, 4.69) is 26.6 Å². The number of benzene rings is 1. The molecule has 2 rings (SSSR count). The van der Waals surface area contributed by atoms with Gasteiger partial charge in [0.15, 0.2) is 11.5 Å². The van der Waals surface area contributed by atoms with Crippen LogP contribution >= 0.6 is 15.9 Å². The van der Waals surface area contributed by atoms with Gasteiger partial charge in [-0.05, 0) is 28.8 Å². The fraction of sp³-hybridized carbons (Fsp3) is 0.444. The van der Waals surface area contributed by atoms with Gasteiger partial charge in [-0.25, -0.2) is 0 Å². The highest BCUT2D eigenvalue weighted by Crippen LogP contribution is 2.46. The SMILES string of the molecule is CCCCNC1=CC(=O)c2c(O)c(Br)c(NCCCC)c(O)c2C1=O. The summed E-state index contributed by atoms with van der Waals surface area (Å²) in [6, 6.07) is 0. The lowest BCUT2D eigenvalue weighted by Gasteiger charge is -2.22. The summed E-state index contributed by atoms with van der Waals surface area (Å²) in [6.45, 7) is 5.18. The summed E-state index contributed by atoms with van der Waals surface area (Å²) in [4.78, 5) is 25.1. The summed E-state index contributed by atoms with van der Waals surface area (Å²) in [6.07, 6.45) is 4.79. The van der Waals surface area contributed by atoms with Crippen LogP contribution in [0.1, 0.15) is 60.2 Å². The lowest BCUT2D eigenvalue weighted by molar-refractivity contribution is 0.0973. The van der Waals surface area contributed by atoms with E-state index in [0.717, 1.165) is 25.7 Å². The van der Waals surface area contributed by atoms with Crippen LogP contribution in [0.15, 0.2) is 16.2 Å². The summed E-state index contributed by atoms with van der Waals surface area (Å²) in [5, 5.41) is 26.9. The first-order valence-corrected chi connectivity index (χ1v) is 9.29. The summed E-state index contributed by atoms with van der Waals surface area (Å²) < 4.78 is 0.178. The second-order valence-corrected chi connectivity index (χ2v) is 6.74. The van der Waals surface area contributed by atoms with Gasteiger partial charge >= 0.3 is 0 Å². The average molecular weight is 411 g/mol. The van der Waals surface area contributed by atoms with E-state index in [1.54, 1.807) is 0 Å². The Kier molecular flexibility index (Phi) is 6.47. The number of hydrogen-bond acceptors (Lipinski definition) is 6. The van der Waals surface area contributed by atoms with Crippen molar-refractivity contribution in [2.45, 2.75) is 39.5 Å². The van der Waals surface area contributed by atoms with E-state index in [0.29, 0.717) is 13.1 Å². The highest BCUT2D eigenvalue weighted by molar-refractivity contribution is 9.10. The van der Waals surface area contributed by atoms with E-state index < -0.39 is 11.6 Å². The van der Waals surface area contributed by atoms with Crippen molar-refractivity contribution >= 4 is 33.2 Å². The number of allylic oxidation sites excluding steroid dienone is 2. The molecule has 0 atom stereocenters. The third kappa shape index (κ3) is 3.81. The summed E-state index contributed by atoms with van der Waals surface area (Å²) in [5.74, 6) is -1.67. The highest BCUT2D eigenvalue weighted by atomic mass is 79.9. The maximum atomic E-state index is 12.7. The molecule has 1 aromatic rings. The van der Waals surface area contributed by atoms with Crippen molar-refractivity contribution in [2.75, 3.05) is 18.4 Å². The van der Waals surface area contributed by atoms with Gasteiger partial charge < -0.3 is 20.8 Å². The summed E-state index contributed by atoms with van der Waals surface area (Å²) in [7, 11) is 0. The number of phenols is 2. The molecule has 0 fully saturated rings. The van der Waals surface area contributed by atoms with Gasteiger partial charge in [0.25, 0.3) is 0 Å². The molecule has 0 heterocycles. The van der Waals surface area contributed by atoms with Crippen molar-refractivity contribution in [1.82, 2.24) is 5.32 Å². The number of rotatable bonds is 8. The molecule has 0 radical (unpaired) electrons. The summed E-state index contributed by atoms with van der Waals surface area (Å²) in [5.41, 5.74) is 0.0331. The van der Waals surface area contributed by atoms with Gasteiger partial charge in [0.2, 0.25) is 5.78 Å². The number of phenolic OH excluding ortho intramolecular Hbond substituents is 2. The number of ketones is 2. The molecule has 25 heavy (non-hydrogen) atoms. The van der Waals surface area contributed by atoms with Gasteiger partial charge in [-0.3, -0.25) is 9.59 Å². The molecule has 4 N–H and O–H groups in total. The standard InChI is InChI=1S/C18H23BrN2O4/c1-3-5-7-20-10-9-11(22)12-13(16(10)23)18(25)15(14(19)17(12)24)21-8-6-4-2/h9,20-21,24-25H,3-8H2,1-2H3. The normalized spacial score (nSPS) is 13.5. The number of carbonyl (C=O) groups excluding carboxylic acids is 2. The maximum Gasteiger partial charge on any atom is 0.213 e. The van der Waals surface area contributed by atoms with Crippen LogP contribution in [-0.4, -0.2) is 34.9 Å². The van der Waals surface area contributed by atoms with Gasteiger partial charge in [-0.1, -0.05) is 26.7 Å². The molecule has 0 saturated carbocycles. The van der Waals surface area contributed by atoms with Crippen LogP contribution in [0, 0.1) is 0 Å². The molecule has 1 aromatic carbocycles. The van der Waals surface area contributed by atoms with E-state index >= 15 is 0 Å². The minimum atomic E-state index is -0.512. The number of halogens is 1. The molecule has 0 bridgehead atoms. The predicted molar refractivity (Wildman–Crippen MR) is 101 cm³/mol. The number of unbranched alkanes of at least 4 members (excludes halogenated alkanes) is 2. The summed E-state index contributed by atoms with van der Waals surface area (Å²) >= 11 is 3.20. The number of anilines is 1. The molecular formula is C18H23BrN2O4. The quantitative estimate of drug-likeness (QED) is 0.296. The Morgan fingerprint density at radius 2 is 1.56 bits per heavy atom. The molecule has 0 aromatic heterocycles. The first-order chi connectivity index (χ1) is 11.9. The van der Waals surface area contributed by atoms with Crippen molar-refractivity contribution in [2.24, 2.45) is 0 Å². The second-order valence-electron chi connectivity index (χ2n) is 5.95. The lowest BCUT2D eigenvalue weighted by Crippen LogP contribution is -2.28.